The Bertz CT molecular complexity index is 398. The second-order valence-corrected chi connectivity index (χ2v) is 4.07. The monoisotopic (exact) mass is 225 g/mol. The fraction of sp³-hybridized carbons (Fsp3) is 0.636. The van der Waals surface area contributed by atoms with E-state index in [1.54, 1.807) is 0 Å². The highest BCUT2D eigenvalue weighted by molar-refractivity contribution is 5.07. The zero-order chi connectivity index (χ0) is 12.2. The molecule has 1 heterocycles. The maximum Gasteiger partial charge on any atom is 0.251 e. The molecule has 90 valence electrons. The number of ether oxygens (including phenoxy) is 1. The molecule has 0 aromatic carbocycles. The second kappa shape index (κ2) is 5.23. The van der Waals surface area contributed by atoms with Crippen molar-refractivity contribution in [2.45, 2.75) is 32.8 Å². The fourth-order valence-corrected chi connectivity index (χ4v) is 1.50. The van der Waals surface area contributed by atoms with Crippen molar-refractivity contribution in [2.24, 2.45) is 5.73 Å². The predicted octanol–water partition coefficient (Wildman–Crippen LogP) is 0.543. The number of hydrogen-bond acceptors (Lipinski definition) is 4. The molecular weight excluding hydrogens is 206 g/mol. The summed E-state index contributed by atoms with van der Waals surface area (Å²) >= 11 is 0. The summed E-state index contributed by atoms with van der Waals surface area (Å²) in [5, 5.41) is 0. The number of aromatic nitrogens is 2. The molecule has 0 spiro atoms. The molecule has 0 fully saturated rings. The van der Waals surface area contributed by atoms with Gasteiger partial charge < -0.3 is 15.5 Å². The Morgan fingerprint density at radius 3 is 2.81 bits per heavy atom. The van der Waals surface area contributed by atoms with Crippen molar-refractivity contribution in [3.8, 4) is 0 Å². The highest BCUT2D eigenvalue weighted by Crippen LogP contribution is 2.19. The van der Waals surface area contributed by atoms with E-state index >= 15 is 0 Å². The molecule has 0 unspecified atom stereocenters. The Balaban J connectivity index is 3.08. The van der Waals surface area contributed by atoms with Gasteiger partial charge in [0.05, 0.1) is 0 Å². The van der Waals surface area contributed by atoms with Crippen LogP contribution in [-0.2, 0) is 16.8 Å². The third kappa shape index (κ3) is 3.15. The van der Waals surface area contributed by atoms with Gasteiger partial charge in [-0.25, -0.2) is 4.98 Å². The minimum absolute atomic E-state index is 0.166. The molecule has 0 bridgehead atoms. The van der Waals surface area contributed by atoms with E-state index in [1.807, 2.05) is 20.8 Å². The number of nitrogens with one attached hydrogen (secondary N) is 1. The fourth-order valence-electron chi connectivity index (χ4n) is 1.50. The Morgan fingerprint density at radius 2 is 2.25 bits per heavy atom. The summed E-state index contributed by atoms with van der Waals surface area (Å²) in [6.07, 6.45) is 0.596. The maximum atomic E-state index is 11.4. The van der Waals surface area contributed by atoms with Gasteiger partial charge in [-0.15, -0.1) is 0 Å². The molecule has 0 amide bonds. The van der Waals surface area contributed by atoms with Gasteiger partial charge in [-0.2, -0.15) is 0 Å². The van der Waals surface area contributed by atoms with Gasteiger partial charge in [0.1, 0.15) is 11.4 Å². The molecule has 0 atom stereocenters. The predicted molar refractivity (Wildman–Crippen MR) is 62.3 cm³/mol. The minimum Gasteiger partial charge on any atom is -0.368 e. The van der Waals surface area contributed by atoms with Gasteiger partial charge in [-0.3, -0.25) is 4.79 Å². The largest absolute Gasteiger partial charge is 0.368 e. The first-order valence-electron chi connectivity index (χ1n) is 5.44. The molecule has 3 N–H and O–H groups in total. The van der Waals surface area contributed by atoms with Crippen LogP contribution in [0.2, 0.25) is 0 Å². The van der Waals surface area contributed by atoms with Gasteiger partial charge in [0.15, 0.2) is 0 Å². The molecule has 1 aromatic rings. The van der Waals surface area contributed by atoms with Crippen LogP contribution in [0.15, 0.2) is 10.9 Å². The van der Waals surface area contributed by atoms with Crippen molar-refractivity contribution in [2.75, 3.05) is 13.2 Å². The molecule has 0 aliphatic heterocycles. The van der Waals surface area contributed by atoms with Gasteiger partial charge in [0.25, 0.3) is 5.56 Å². The average molecular weight is 225 g/mol. The van der Waals surface area contributed by atoms with Crippen LogP contribution in [0.25, 0.3) is 0 Å². The van der Waals surface area contributed by atoms with Crippen molar-refractivity contribution in [3.05, 3.63) is 27.9 Å². The molecule has 0 aliphatic carbocycles. The standard InChI is InChI=1S/C11H19N3O2/c1-4-16-11(2,3)10-13-8(5-6-12)7-9(15)14-10/h7H,4-6,12H2,1-3H3,(H,13,14,15). The number of H-pyrrole nitrogens is 1. The van der Waals surface area contributed by atoms with E-state index in [1.165, 1.54) is 6.07 Å². The molecule has 5 nitrogen and oxygen atoms in total. The first-order chi connectivity index (χ1) is 7.49. The van der Waals surface area contributed by atoms with E-state index in [0.29, 0.717) is 31.1 Å². The molecule has 1 rings (SSSR count). The Labute approximate surface area is 95.0 Å². The van der Waals surface area contributed by atoms with E-state index in [4.69, 9.17) is 10.5 Å². The first kappa shape index (κ1) is 12.9. The maximum absolute atomic E-state index is 11.4. The van der Waals surface area contributed by atoms with Gasteiger partial charge >= 0.3 is 0 Å². The van der Waals surface area contributed by atoms with Crippen molar-refractivity contribution >= 4 is 0 Å². The van der Waals surface area contributed by atoms with Gasteiger partial charge in [0, 0.05) is 24.8 Å². The van der Waals surface area contributed by atoms with Crippen molar-refractivity contribution < 1.29 is 4.74 Å². The summed E-state index contributed by atoms with van der Waals surface area (Å²) in [7, 11) is 0. The summed E-state index contributed by atoms with van der Waals surface area (Å²) in [5.74, 6) is 0.547. The molecule has 1 aromatic heterocycles. The average Bonchev–Trinajstić information content (AvgIpc) is 2.17. The van der Waals surface area contributed by atoms with Crippen LogP contribution in [0.3, 0.4) is 0 Å². The summed E-state index contributed by atoms with van der Waals surface area (Å²) in [6.45, 7) is 6.70. The highest BCUT2D eigenvalue weighted by atomic mass is 16.5. The summed E-state index contributed by atoms with van der Waals surface area (Å²) in [4.78, 5) is 18.5. The summed E-state index contributed by atoms with van der Waals surface area (Å²) in [6, 6.07) is 1.47. The Morgan fingerprint density at radius 1 is 1.56 bits per heavy atom. The SMILES string of the molecule is CCOC(C)(C)c1nc(CCN)cc(=O)[nH]1. The summed E-state index contributed by atoms with van der Waals surface area (Å²) in [5.41, 5.74) is 5.40. The quantitative estimate of drug-likeness (QED) is 0.766. The molecule has 0 saturated heterocycles. The van der Waals surface area contributed by atoms with Crippen molar-refractivity contribution in [1.29, 1.82) is 0 Å². The third-order valence-corrected chi connectivity index (χ3v) is 2.27. The van der Waals surface area contributed by atoms with E-state index < -0.39 is 5.60 Å². The number of nitrogens with two attached hydrogens (primary N) is 1. The Kier molecular flexibility index (Phi) is 4.20. The van der Waals surface area contributed by atoms with E-state index in [9.17, 15) is 4.79 Å². The lowest BCUT2D eigenvalue weighted by molar-refractivity contribution is -0.0211. The van der Waals surface area contributed by atoms with Crippen LogP contribution in [0, 0.1) is 0 Å². The molecule has 0 radical (unpaired) electrons. The minimum atomic E-state index is -0.585. The molecule has 0 aliphatic rings. The number of nitrogens with zero attached hydrogens (tertiary/aromatic N) is 1. The topological polar surface area (TPSA) is 81.0 Å². The van der Waals surface area contributed by atoms with Gasteiger partial charge in [0.2, 0.25) is 0 Å². The van der Waals surface area contributed by atoms with E-state index in [-0.39, 0.29) is 5.56 Å². The van der Waals surface area contributed by atoms with E-state index in [2.05, 4.69) is 9.97 Å². The lowest BCUT2D eigenvalue weighted by Gasteiger charge is -2.23. The van der Waals surface area contributed by atoms with Crippen LogP contribution >= 0.6 is 0 Å². The molecule has 16 heavy (non-hydrogen) atoms. The molecule has 5 heteroatoms. The second-order valence-electron chi connectivity index (χ2n) is 4.07. The summed E-state index contributed by atoms with van der Waals surface area (Å²) < 4.78 is 5.54. The van der Waals surface area contributed by atoms with Crippen LogP contribution < -0.4 is 11.3 Å². The number of hydrogen-bond donors (Lipinski definition) is 2. The van der Waals surface area contributed by atoms with Crippen LogP contribution in [-0.4, -0.2) is 23.1 Å². The Hall–Kier alpha value is -1.20. The molecule has 0 saturated carbocycles. The van der Waals surface area contributed by atoms with Crippen LogP contribution in [0.5, 0.6) is 0 Å². The van der Waals surface area contributed by atoms with Crippen molar-refractivity contribution in [3.63, 3.8) is 0 Å². The highest BCUT2D eigenvalue weighted by Gasteiger charge is 2.23. The van der Waals surface area contributed by atoms with Gasteiger partial charge in [-0.1, -0.05) is 0 Å². The third-order valence-electron chi connectivity index (χ3n) is 2.27. The first-order valence-corrected chi connectivity index (χ1v) is 5.44. The molecular formula is C11H19N3O2. The van der Waals surface area contributed by atoms with Crippen LogP contribution in [0.1, 0.15) is 32.3 Å². The lowest BCUT2D eigenvalue weighted by Crippen LogP contribution is -2.28. The van der Waals surface area contributed by atoms with Gasteiger partial charge in [-0.05, 0) is 27.3 Å². The zero-order valence-corrected chi connectivity index (χ0v) is 10.0. The van der Waals surface area contributed by atoms with E-state index in [0.717, 1.165) is 0 Å². The number of aromatic amines is 1. The smallest absolute Gasteiger partial charge is 0.251 e. The number of rotatable bonds is 5. The van der Waals surface area contributed by atoms with Crippen molar-refractivity contribution in [1.82, 2.24) is 9.97 Å². The van der Waals surface area contributed by atoms with Crippen LogP contribution in [0.4, 0.5) is 0 Å². The lowest BCUT2D eigenvalue weighted by atomic mass is 10.1. The zero-order valence-electron chi connectivity index (χ0n) is 10.0. The normalized spacial score (nSPS) is 11.8.